The number of hydrogen-bond donors (Lipinski definition) is 1. The van der Waals surface area contributed by atoms with Crippen LogP contribution in [0.25, 0.3) is 28.0 Å². The summed E-state index contributed by atoms with van der Waals surface area (Å²) in [5, 5.41) is 7.78. The van der Waals surface area contributed by atoms with Crippen molar-refractivity contribution in [2.24, 2.45) is 0 Å². The van der Waals surface area contributed by atoms with Gasteiger partial charge in [0.05, 0.1) is 18.5 Å². The first-order chi connectivity index (χ1) is 17.1. The highest BCUT2D eigenvalue weighted by molar-refractivity contribution is 5.95. The van der Waals surface area contributed by atoms with Crippen LogP contribution in [0.1, 0.15) is 21.9 Å². The Hall–Kier alpha value is -4.52. The van der Waals surface area contributed by atoms with Crippen molar-refractivity contribution in [3.63, 3.8) is 0 Å². The van der Waals surface area contributed by atoms with E-state index in [1.165, 1.54) is 0 Å². The summed E-state index contributed by atoms with van der Waals surface area (Å²) in [6, 6.07) is 25.2. The van der Waals surface area contributed by atoms with Crippen molar-refractivity contribution in [2.45, 2.75) is 13.3 Å². The van der Waals surface area contributed by atoms with Gasteiger partial charge >= 0.3 is 0 Å². The Balaban J connectivity index is 1.57. The lowest BCUT2D eigenvalue weighted by atomic mass is 10.1. The molecule has 0 aliphatic carbocycles. The molecule has 5 rings (SSSR count). The molecule has 1 N–H and O–H groups in total. The Bertz CT molecular complexity index is 1460. The molecule has 0 bridgehead atoms. The first-order valence-electron chi connectivity index (χ1n) is 11.4. The zero-order chi connectivity index (χ0) is 24.2. The third-order valence-corrected chi connectivity index (χ3v) is 5.84. The highest BCUT2D eigenvalue weighted by atomic mass is 16.5. The number of aromatic nitrogens is 4. The lowest BCUT2D eigenvalue weighted by Crippen LogP contribution is -2.27. The fraction of sp³-hybridized carbons (Fsp3) is 0.143. The van der Waals surface area contributed by atoms with Crippen molar-refractivity contribution in [3.05, 3.63) is 102 Å². The molecule has 7 heteroatoms. The molecule has 35 heavy (non-hydrogen) atoms. The van der Waals surface area contributed by atoms with E-state index in [4.69, 9.17) is 14.8 Å². The van der Waals surface area contributed by atoms with E-state index in [0.717, 1.165) is 39.5 Å². The van der Waals surface area contributed by atoms with Crippen LogP contribution in [0, 0.1) is 6.92 Å². The molecule has 3 aromatic heterocycles. The Labute approximate surface area is 203 Å². The van der Waals surface area contributed by atoms with Crippen molar-refractivity contribution in [1.82, 2.24) is 24.9 Å². The number of hydrogen-bond acceptors (Lipinski definition) is 5. The number of pyridine rings is 1. The standard InChI is InChI=1S/C28H25N5O2/c1-19-26(21-8-4-3-5-9-21)27-31-24(28(34)30-17-15-22-10-6-7-16-29-22)18-25(33(27)32-19)20-11-13-23(35-2)14-12-20/h3-14,16,18H,15,17H2,1-2H3,(H,30,34). The lowest BCUT2D eigenvalue weighted by Gasteiger charge is -2.10. The Morgan fingerprint density at radius 2 is 1.74 bits per heavy atom. The van der Waals surface area contributed by atoms with Crippen LogP contribution in [-0.4, -0.2) is 39.1 Å². The largest absolute Gasteiger partial charge is 0.497 e. The molecular weight excluding hydrogens is 438 g/mol. The van der Waals surface area contributed by atoms with E-state index < -0.39 is 0 Å². The summed E-state index contributed by atoms with van der Waals surface area (Å²) in [6.07, 6.45) is 2.39. The maximum atomic E-state index is 13.2. The molecular formula is C28H25N5O2. The van der Waals surface area contributed by atoms with Gasteiger partial charge in [-0.25, -0.2) is 9.50 Å². The highest BCUT2D eigenvalue weighted by Gasteiger charge is 2.20. The number of benzene rings is 2. The smallest absolute Gasteiger partial charge is 0.270 e. The summed E-state index contributed by atoms with van der Waals surface area (Å²) in [5.74, 6) is 0.518. The number of carbonyl (C=O) groups excluding carboxylic acids is 1. The minimum Gasteiger partial charge on any atom is -0.497 e. The average Bonchev–Trinajstić information content (AvgIpc) is 3.25. The van der Waals surface area contributed by atoms with Crippen LogP contribution in [0.4, 0.5) is 0 Å². The normalized spacial score (nSPS) is 10.9. The molecule has 5 aromatic rings. The predicted octanol–water partition coefficient (Wildman–Crippen LogP) is 4.75. The summed E-state index contributed by atoms with van der Waals surface area (Å²) in [7, 11) is 1.63. The Morgan fingerprint density at radius 3 is 2.46 bits per heavy atom. The predicted molar refractivity (Wildman–Crippen MR) is 135 cm³/mol. The van der Waals surface area contributed by atoms with Gasteiger partial charge in [0.2, 0.25) is 0 Å². The Kier molecular flexibility index (Phi) is 6.22. The van der Waals surface area contributed by atoms with Crippen LogP contribution in [0.15, 0.2) is 85.1 Å². The van der Waals surface area contributed by atoms with E-state index in [0.29, 0.717) is 24.3 Å². The van der Waals surface area contributed by atoms with Gasteiger partial charge in [-0.15, -0.1) is 0 Å². The lowest BCUT2D eigenvalue weighted by molar-refractivity contribution is 0.0949. The molecule has 0 saturated carbocycles. The van der Waals surface area contributed by atoms with E-state index in [2.05, 4.69) is 10.3 Å². The van der Waals surface area contributed by atoms with Crippen LogP contribution >= 0.6 is 0 Å². The van der Waals surface area contributed by atoms with Crippen LogP contribution < -0.4 is 10.1 Å². The molecule has 1 amide bonds. The number of ether oxygens (including phenoxy) is 1. The number of carbonyl (C=O) groups is 1. The van der Waals surface area contributed by atoms with Gasteiger partial charge in [-0.3, -0.25) is 9.78 Å². The van der Waals surface area contributed by atoms with E-state index in [1.54, 1.807) is 19.4 Å². The van der Waals surface area contributed by atoms with Crippen molar-refractivity contribution in [3.8, 4) is 28.1 Å². The van der Waals surface area contributed by atoms with Gasteiger partial charge < -0.3 is 10.1 Å². The van der Waals surface area contributed by atoms with Gasteiger partial charge in [0, 0.05) is 36.0 Å². The van der Waals surface area contributed by atoms with Crippen LogP contribution in [0.2, 0.25) is 0 Å². The number of rotatable bonds is 7. The number of nitrogens with zero attached hydrogens (tertiary/aromatic N) is 4. The second-order valence-electron chi connectivity index (χ2n) is 8.14. The minimum absolute atomic E-state index is 0.240. The van der Waals surface area contributed by atoms with Gasteiger partial charge in [0.25, 0.3) is 5.91 Å². The summed E-state index contributed by atoms with van der Waals surface area (Å²) in [6.45, 7) is 2.42. The van der Waals surface area contributed by atoms with Gasteiger partial charge in [-0.1, -0.05) is 36.4 Å². The van der Waals surface area contributed by atoms with Gasteiger partial charge in [0.15, 0.2) is 5.65 Å². The number of aryl methyl sites for hydroxylation is 1. The van der Waals surface area contributed by atoms with E-state index in [9.17, 15) is 4.79 Å². The molecule has 0 fully saturated rings. The second kappa shape index (κ2) is 9.77. The number of fused-ring (bicyclic) bond motifs is 1. The quantitative estimate of drug-likeness (QED) is 0.377. The molecule has 0 unspecified atom stereocenters. The van der Waals surface area contributed by atoms with Gasteiger partial charge in [-0.2, -0.15) is 5.10 Å². The fourth-order valence-electron chi connectivity index (χ4n) is 4.09. The third-order valence-electron chi connectivity index (χ3n) is 5.84. The highest BCUT2D eigenvalue weighted by Crippen LogP contribution is 2.31. The molecule has 0 aliphatic rings. The fourth-order valence-corrected chi connectivity index (χ4v) is 4.09. The summed E-state index contributed by atoms with van der Waals surface area (Å²) in [4.78, 5) is 22.3. The number of methoxy groups -OCH3 is 1. The molecule has 2 aromatic carbocycles. The van der Waals surface area contributed by atoms with Crippen molar-refractivity contribution in [1.29, 1.82) is 0 Å². The zero-order valence-corrected chi connectivity index (χ0v) is 19.6. The summed E-state index contributed by atoms with van der Waals surface area (Å²) in [5.41, 5.74) is 6.32. The van der Waals surface area contributed by atoms with E-state index >= 15 is 0 Å². The zero-order valence-electron chi connectivity index (χ0n) is 19.6. The maximum Gasteiger partial charge on any atom is 0.270 e. The second-order valence-corrected chi connectivity index (χ2v) is 8.14. The first kappa shape index (κ1) is 22.3. The van der Waals surface area contributed by atoms with Crippen molar-refractivity contribution < 1.29 is 9.53 Å². The average molecular weight is 464 g/mol. The SMILES string of the molecule is COc1ccc(-c2cc(C(=O)NCCc3ccccn3)nc3c(-c4ccccc4)c(C)nn23)cc1. The molecule has 0 spiro atoms. The monoisotopic (exact) mass is 463 g/mol. The van der Waals surface area contributed by atoms with Crippen LogP contribution in [0.5, 0.6) is 5.75 Å². The maximum absolute atomic E-state index is 13.2. The molecule has 174 valence electrons. The molecule has 0 saturated heterocycles. The molecule has 7 nitrogen and oxygen atoms in total. The molecule has 0 atom stereocenters. The first-order valence-corrected chi connectivity index (χ1v) is 11.4. The third kappa shape index (κ3) is 4.61. The van der Waals surface area contributed by atoms with Crippen LogP contribution in [0.3, 0.4) is 0 Å². The summed E-state index contributed by atoms with van der Waals surface area (Å²) >= 11 is 0. The van der Waals surface area contributed by atoms with E-state index in [-0.39, 0.29) is 5.91 Å². The van der Waals surface area contributed by atoms with Crippen LogP contribution in [-0.2, 0) is 6.42 Å². The van der Waals surface area contributed by atoms with Gasteiger partial charge in [0.1, 0.15) is 11.4 Å². The number of amides is 1. The van der Waals surface area contributed by atoms with E-state index in [1.807, 2.05) is 84.2 Å². The molecule has 0 radical (unpaired) electrons. The molecule has 3 heterocycles. The number of nitrogens with one attached hydrogen (secondary N) is 1. The minimum atomic E-state index is -0.240. The van der Waals surface area contributed by atoms with Crippen molar-refractivity contribution in [2.75, 3.05) is 13.7 Å². The Morgan fingerprint density at radius 1 is 0.971 bits per heavy atom. The van der Waals surface area contributed by atoms with Crippen molar-refractivity contribution >= 4 is 11.6 Å². The topological polar surface area (TPSA) is 81.4 Å². The molecule has 0 aliphatic heterocycles. The van der Waals surface area contributed by atoms with Gasteiger partial charge in [-0.05, 0) is 55.0 Å². The summed E-state index contributed by atoms with van der Waals surface area (Å²) < 4.78 is 7.12.